The average molecular weight is 477 g/mol. The summed E-state index contributed by atoms with van der Waals surface area (Å²) >= 11 is 20.6. The molecule has 0 unspecified atom stereocenters. The molecule has 0 spiro atoms. The number of nitrogens with zero attached hydrogens (tertiary/aromatic N) is 1. The molecule has 1 heterocycles. The highest BCUT2D eigenvalue weighted by Gasteiger charge is 2.31. The Morgan fingerprint density at radius 3 is 2.44 bits per heavy atom. The topological polar surface area (TPSA) is 31.4 Å². The van der Waals surface area contributed by atoms with Crippen LogP contribution in [0.4, 0.5) is 13.2 Å². The second kappa shape index (κ2) is 8.49. The fraction of sp³-hybridized carbons (Fsp3) is 0.133. The molecule has 1 aromatic heterocycles. The third-order valence-electron chi connectivity index (χ3n) is 2.73. The van der Waals surface area contributed by atoms with Crippen molar-refractivity contribution in [2.45, 2.75) is 6.18 Å². The van der Waals surface area contributed by atoms with Gasteiger partial charge in [-0.15, -0.1) is 0 Å². The minimum absolute atomic E-state index is 0.184. The summed E-state index contributed by atoms with van der Waals surface area (Å²) in [7, 11) is 0. The lowest BCUT2D eigenvalue weighted by Crippen LogP contribution is -2.05. The minimum Gasteiger partial charge on any atom is -0.487 e. The van der Waals surface area contributed by atoms with E-state index in [4.69, 9.17) is 44.3 Å². The van der Waals surface area contributed by atoms with E-state index in [0.29, 0.717) is 16.4 Å². The average Bonchev–Trinajstić information content (AvgIpc) is 2.51. The molecule has 0 atom stereocenters. The Hall–Kier alpha value is -1.15. The molecular weight excluding hydrogens is 469 g/mol. The Morgan fingerprint density at radius 1 is 1.16 bits per heavy atom. The van der Waals surface area contributed by atoms with Gasteiger partial charge in [0.15, 0.2) is 5.75 Å². The molecule has 0 radical (unpaired) electrons. The van der Waals surface area contributed by atoms with Gasteiger partial charge in [-0.25, -0.2) is 4.98 Å². The van der Waals surface area contributed by atoms with Crippen LogP contribution in [-0.4, -0.2) is 11.6 Å². The Bertz CT molecular complexity index is 777. The van der Waals surface area contributed by atoms with E-state index in [1.165, 1.54) is 17.7 Å². The first kappa shape index (κ1) is 20.2. The lowest BCUT2D eigenvalue weighted by atomic mass is 10.3. The van der Waals surface area contributed by atoms with Gasteiger partial charge >= 0.3 is 6.18 Å². The molecular formula is C15H8BrCl3F3NO2. The highest BCUT2D eigenvalue weighted by Crippen LogP contribution is 2.40. The van der Waals surface area contributed by atoms with E-state index in [-0.39, 0.29) is 28.3 Å². The first-order valence-corrected chi connectivity index (χ1v) is 8.48. The van der Waals surface area contributed by atoms with Gasteiger partial charge in [-0.1, -0.05) is 34.8 Å². The standard InChI is InChI=1S/C15H8BrCl3F3NO2/c16-10-5-9(6-11(18)13(10)24-3-1-2-17)25-14-12(19)4-8(7-23-14)15(20,21)22/h1-2,4-7H,3H2. The number of hydrogen-bond donors (Lipinski definition) is 0. The van der Waals surface area contributed by atoms with Crippen molar-refractivity contribution in [2.24, 2.45) is 0 Å². The van der Waals surface area contributed by atoms with Crippen molar-refractivity contribution in [3.63, 3.8) is 0 Å². The third kappa shape index (κ3) is 5.41. The highest BCUT2D eigenvalue weighted by atomic mass is 79.9. The summed E-state index contributed by atoms with van der Waals surface area (Å²) in [5.41, 5.74) is 0.331. The van der Waals surface area contributed by atoms with Crippen LogP contribution in [0.3, 0.4) is 0 Å². The zero-order chi connectivity index (χ0) is 18.6. The second-order valence-electron chi connectivity index (χ2n) is 4.50. The molecule has 2 aromatic rings. The first-order valence-electron chi connectivity index (χ1n) is 6.50. The number of alkyl halides is 3. The van der Waals surface area contributed by atoms with E-state index in [0.717, 1.165) is 6.07 Å². The SMILES string of the molecule is FC(F)(F)c1cnc(Oc2cc(Cl)c(OCC=CCl)c(Br)c2)c(Cl)c1. The molecule has 0 saturated carbocycles. The minimum atomic E-state index is -4.54. The number of halogens is 7. The summed E-state index contributed by atoms with van der Waals surface area (Å²) in [6.07, 6.45) is -2.34. The molecule has 134 valence electrons. The predicted molar refractivity (Wildman–Crippen MR) is 94.0 cm³/mol. The number of pyridine rings is 1. The monoisotopic (exact) mass is 475 g/mol. The number of ether oxygens (including phenoxy) is 2. The smallest absolute Gasteiger partial charge is 0.417 e. The first-order chi connectivity index (χ1) is 11.7. The molecule has 0 fully saturated rings. The van der Waals surface area contributed by atoms with Gasteiger partial charge in [0.25, 0.3) is 0 Å². The van der Waals surface area contributed by atoms with Crippen LogP contribution in [0.1, 0.15) is 5.56 Å². The molecule has 0 N–H and O–H groups in total. The maximum atomic E-state index is 12.6. The summed E-state index contributed by atoms with van der Waals surface area (Å²) in [5.74, 6) is 0.387. The van der Waals surface area contributed by atoms with Crippen LogP contribution in [0.15, 0.2) is 40.5 Å². The Morgan fingerprint density at radius 2 is 1.88 bits per heavy atom. The van der Waals surface area contributed by atoms with E-state index in [2.05, 4.69) is 20.9 Å². The third-order valence-corrected chi connectivity index (χ3v) is 4.05. The molecule has 0 aliphatic rings. The maximum absolute atomic E-state index is 12.6. The molecule has 25 heavy (non-hydrogen) atoms. The molecule has 0 aliphatic heterocycles. The molecule has 3 nitrogen and oxygen atoms in total. The molecule has 0 saturated heterocycles. The highest BCUT2D eigenvalue weighted by molar-refractivity contribution is 9.10. The van der Waals surface area contributed by atoms with Gasteiger partial charge < -0.3 is 9.47 Å². The van der Waals surface area contributed by atoms with Gasteiger partial charge in [-0.2, -0.15) is 13.2 Å². The number of benzene rings is 1. The fourth-order valence-electron chi connectivity index (χ4n) is 1.67. The van der Waals surface area contributed by atoms with Crippen LogP contribution in [-0.2, 0) is 6.18 Å². The molecule has 0 aliphatic carbocycles. The number of hydrogen-bond acceptors (Lipinski definition) is 3. The summed E-state index contributed by atoms with van der Waals surface area (Å²) in [6, 6.07) is 3.67. The predicted octanol–water partition coefficient (Wildman–Crippen LogP) is 7.09. The summed E-state index contributed by atoms with van der Waals surface area (Å²) in [5, 5.41) is -0.0648. The quantitative estimate of drug-likeness (QED) is 0.461. The van der Waals surface area contributed by atoms with Crippen molar-refractivity contribution < 1.29 is 22.6 Å². The van der Waals surface area contributed by atoms with Crippen molar-refractivity contribution in [2.75, 3.05) is 6.61 Å². The maximum Gasteiger partial charge on any atom is 0.417 e. The van der Waals surface area contributed by atoms with Crippen molar-refractivity contribution >= 4 is 50.7 Å². The zero-order valence-corrected chi connectivity index (χ0v) is 15.9. The Labute approximate surface area is 164 Å². The van der Waals surface area contributed by atoms with E-state index >= 15 is 0 Å². The zero-order valence-electron chi connectivity index (χ0n) is 12.1. The van der Waals surface area contributed by atoms with Crippen molar-refractivity contribution in [1.29, 1.82) is 0 Å². The van der Waals surface area contributed by atoms with Crippen LogP contribution in [0.25, 0.3) is 0 Å². The molecule has 2 rings (SSSR count). The van der Waals surface area contributed by atoms with Crippen LogP contribution in [0.5, 0.6) is 17.4 Å². The molecule has 0 amide bonds. The lowest BCUT2D eigenvalue weighted by molar-refractivity contribution is -0.137. The van der Waals surface area contributed by atoms with Gasteiger partial charge in [0.1, 0.15) is 17.4 Å². The van der Waals surface area contributed by atoms with Crippen molar-refractivity contribution in [3.05, 3.63) is 56.1 Å². The normalized spacial score (nSPS) is 11.8. The van der Waals surface area contributed by atoms with E-state index in [1.807, 2.05) is 0 Å². The van der Waals surface area contributed by atoms with Gasteiger partial charge in [0.05, 0.1) is 15.1 Å². The van der Waals surface area contributed by atoms with Crippen LogP contribution < -0.4 is 9.47 Å². The van der Waals surface area contributed by atoms with Gasteiger partial charge in [0.2, 0.25) is 5.88 Å². The van der Waals surface area contributed by atoms with Crippen LogP contribution >= 0.6 is 50.7 Å². The molecule has 1 aromatic carbocycles. The van der Waals surface area contributed by atoms with Crippen molar-refractivity contribution in [1.82, 2.24) is 4.98 Å². The summed E-state index contributed by atoms with van der Waals surface area (Å²) < 4.78 is 49.1. The lowest BCUT2D eigenvalue weighted by Gasteiger charge is -2.13. The van der Waals surface area contributed by atoms with E-state index < -0.39 is 11.7 Å². The van der Waals surface area contributed by atoms with Crippen LogP contribution in [0, 0.1) is 0 Å². The Balaban J connectivity index is 2.23. The Kier molecular flexibility index (Phi) is 6.85. The van der Waals surface area contributed by atoms with E-state index in [1.54, 1.807) is 6.08 Å². The van der Waals surface area contributed by atoms with Gasteiger partial charge in [0, 0.05) is 17.8 Å². The van der Waals surface area contributed by atoms with Gasteiger partial charge in [-0.3, -0.25) is 0 Å². The van der Waals surface area contributed by atoms with Gasteiger partial charge in [-0.05, 0) is 34.1 Å². The summed E-state index contributed by atoms with van der Waals surface area (Å²) in [6.45, 7) is 0.203. The molecule has 0 bridgehead atoms. The number of rotatable bonds is 5. The van der Waals surface area contributed by atoms with Crippen molar-refractivity contribution in [3.8, 4) is 17.4 Å². The summed E-state index contributed by atoms with van der Waals surface area (Å²) in [4.78, 5) is 3.59. The van der Waals surface area contributed by atoms with Crippen LogP contribution in [0.2, 0.25) is 10.0 Å². The second-order valence-corrected chi connectivity index (χ2v) is 6.42. The number of aromatic nitrogens is 1. The largest absolute Gasteiger partial charge is 0.487 e. The van der Waals surface area contributed by atoms with E-state index in [9.17, 15) is 13.2 Å². The fourth-order valence-corrected chi connectivity index (χ4v) is 2.88. The molecule has 10 heteroatoms.